The fraction of sp³-hybridized carbons (Fsp3) is 0.211. The number of pyridine rings is 1. The van der Waals surface area contributed by atoms with Gasteiger partial charge in [0.1, 0.15) is 5.82 Å². The monoisotopic (exact) mass is 397 g/mol. The Bertz CT molecular complexity index is 1110. The standard InChI is InChI=1S/C19H19N5O3S/c1-11-7-6-10-15(21-11)24-17(26)13-8-4-5-9-14(13)22-19(24)28-12(2)16(25)23-18(27)20-3/h4-10,12H,1-3H3,(H2,20,23,25,27)/t12-/m1/s1. The van der Waals surface area contributed by atoms with Crippen LogP contribution in [0, 0.1) is 6.92 Å². The van der Waals surface area contributed by atoms with Crippen LogP contribution in [0.25, 0.3) is 16.7 Å². The molecule has 28 heavy (non-hydrogen) atoms. The van der Waals surface area contributed by atoms with E-state index in [-0.39, 0.29) is 5.56 Å². The second-order valence-corrected chi connectivity index (χ2v) is 7.33. The van der Waals surface area contributed by atoms with Crippen LogP contribution in [-0.2, 0) is 4.79 Å². The van der Waals surface area contributed by atoms with Gasteiger partial charge in [0.15, 0.2) is 5.16 Å². The van der Waals surface area contributed by atoms with Crippen molar-refractivity contribution in [2.24, 2.45) is 0 Å². The van der Waals surface area contributed by atoms with Crippen molar-refractivity contribution in [3.63, 3.8) is 0 Å². The van der Waals surface area contributed by atoms with Gasteiger partial charge in [-0.1, -0.05) is 30.0 Å². The van der Waals surface area contributed by atoms with Gasteiger partial charge in [-0.2, -0.15) is 0 Å². The van der Waals surface area contributed by atoms with Crippen molar-refractivity contribution in [2.75, 3.05) is 7.05 Å². The highest BCUT2D eigenvalue weighted by atomic mass is 32.2. The number of aromatic nitrogens is 3. The Morgan fingerprint density at radius 1 is 1.11 bits per heavy atom. The summed E-state index contributed by atoms with van der Waals surface area (Å²) in [6.45, 7) is 3.47. The van der Waals surface area contributed by atoms with Crippen LogP contribution in [0.4, 0.5) is 4.79 Å². The Morgan fingerprint density at radius 3 is 2.57 bits per heavy atom. The van der Waals surface area contributed by atoms with E-state index in [9.17, 15) is 14.4 Å². The molecule has 0 radical (unpaired) electrons. The highest BCUT2D eigenvalue weighted by molar-refractivity contribution is 8.00. The maximum atomic E-state index is 13.1. The molecule has 1 aromatic carbocycles. The van der Waals surface area contributed by atoms with E-state index in [0.29, 0.717) is 21.9 Å². The minimum Gasteiger partial charge on any atom is -0.341 e. The van der Waals surface area contributed by atoms with E-state index < -0.39 is 17.2 Å². The van der Waals surface area contributed by atoms with Gasteiger partial charge < -0.3 is 5.32 Å². The van der Waals surface area contributed by atoms with Crippen molar-refractivity contribution in [1.29, 1.82) is 0 Å². The lowest BCUT2D eigenvalue weighted by atomic mass is 10.2. The maximum absolute atomic E-state index is 13.1. The Kier molecular flexibility index (Phi) is 5.74. The average Bonchev–Trinajstić information content (AvgIpc) is 2.68. The molecule has 3 amide bonds. The van der Waals surface area contributed by atoms with E-state index >= 15 is 0 Å². The molecule has 0 saturated heterocycles. The molecule has 2 heterocycles. The molecule has 144 valence electrons. The van der Waals surface area contributed by atoms with E-state index in [1.807, 2.05) is 13.0 Å². The third-order valence-electron chi connectivity index (χ3n) is 3.96. The molecular formula is C19H19N5O3S. The van der Waals surface area contributed by atoms with Gasteiger partial charge in [0.05, 0.1) is 16.2 Å². The molecule has 0 aliphatic carbocycles. The summed E-state index contributed by atoms with van der Waals surface area (Å²) in [6, 6.07) is 11.7. The number of nitrogens with zero attached hydrogens (tertiary/aromatic N) is 3. The molecule has 2 aromatic heterocycles. The number of aryl methyl sites for hydroxylation is 1. The number of amides is 3. The number of carbonyl (C=O) groups excluding carboxylic acids is 2. The van der Waals surface area contributed by atoms with Crippen LogP contribution in [0.15, 0.2) is 52.4 Å². The normalized spacial score (nSPS) is 11.8. The van der Waals surface area contributed by atoms with Crippen molar-refractivity contribution in [3.8, 4) is 5.82 Å². The van der Waals surface area contributed by atoms with E-state index in [1.54, 1.807) is 43.3 Å². The molecule has 9 heteroatoms. The highest BCUT2D eigenvalue weighted by Crippen LogP contribution is 2.24. The van der Waals surface area contributed by atoms with Crippen LogP contribution in [0.2, 0.25) is 0 Å². The summed E-state index contributed by atoms with van der Waals surface area (Å²) in [4.78, 5) is 45.8. The van der Waals surface area contributed by atoms with Gasteiger partial charge in [0.2, 0.25) is 5.91 Å². The molecule has 1 atom stereocenters. The molecule has 0 saturated carbocycles. The minimum absolute atomic E-state index is 0.273. The van der Waals surface area contributed by atoms with Crippen molar-refractivity contribution in [1.82, 2.24) is 25.2 Å². The molecule has 0 bridgehead atoms. The number of para-hydroxylation sites is 1. The van der Waals surface area contributed by atoms with Crippen LogP contribution in [0.3, 0.4) is 0 Å². The Morgan fingerprint density at radius 2 is 1.86 bits per heavy atom. The SMILES string of the molecule is CNC(=O)NC(=O)[C@@H](C)Sc1nc2ccccc2c(=O)n1-c1cccc(C)n1. The van der Waals surface area contributed by atoms with Crippen molar-refractivity contribution < 1.29 is 9.59 Å². The van der Waals surface area contributed by atoms with Gasteiger partial charge >= 0.3 is 6.03 Å². The van der Waals surface area contributed by atoms with Crippen molar-refractivity contribution in [2.45, 2.75) is 24.3 Å². The molecule has 0 aliphatic heterocycles. The molecule has 0 unspecified atom stereocenters. The number of fused-ring (bicyclic) bond motifs is 1. The summed E-state index contributed by atoms with van der Waals surface area (Å²) in [5.41, 5.74) is 1.00. The summed E-state index contributed by atoms with van der Waals surface area (Å²) in [5.74, 6) is -0.0693. The third kappa shape index (κ3) is 4.04. The van der Waals surface area contributed by atoms with Crippen LogP contribution >= 0.6 is 11.8 Å². The molecule has 8 nitrogen and oxygen atoms in total. The molecular weight excluding hydrogens is 378 g/mol. The van der Waals surface area contributed by atoms with Gasteiger partial charge in [-0.3, -0.25) is 14.9 Å². The number of hydrogen-bond acceptors (Lipinski definition) is 6. The summed E-state index contributed by atoms with van der Waals surface area (Å²) in [6.07, 6.45) is 0. The van der Waals surface area contributed by atoms with Crippen LogP contribution < -0.4 is 16.2 Å². The fourth-order valence-corrected chi connectivity index (χ4v) is 3.45. The molecule has 2 N–H and O–H groups in total. The third-order valence-corrected chi connectivity index (χ3v) is 5.02. The topological polar surface area (TPSA) is 106 Å². The van der Waals surface area contributed by atoms with Crippen molar-refractivity contribution in [3.05, 3.63) is 58.5 Å². The van der Waals surface area contributed by atoms with Gasteiger partial charge in [-0.15, -0.1) is 0 Å². The lowest BCUT2D eigenvalue weighted by molar-refractivity contribution is -0.119. The highest BCUT2D eigenvalue weighted by Gasteiger charge is 2.21. The Hall–Kier alpha value is -3.20. The summed E-state index contributed by atoms with van der Waals surface area (Å²) in [7, 11) is 1.42. The Balaban J connectivity index is 2.10. The largest absolute Gasteiger partial charge is 0.341 e. The second-order valence-electron chi connectivity index (χ2n) is 6.02. The number of nitrogens with one attached hydrogen (secondary N) is 2. The smallest absolute Gasteiger partial charge is 0.321 e. The predicted molar refractivity (Wildman–Crippen MR) is 108 cm³/mol. The number of rotatable bonds is 4. The van der Waals surface area contributed by atoms with E-state index in [4.69, 9.17) is 0 Å². The lowest BCUT2D eigenvalue weighted by Crippen LogP contribution is -2.41. The first kappa shape index (κ1) is 19.6. The zero-order valence-corrected chi connectivity index (χ0v) is 16.4. The predicted octanol–water partition coefficient (Wildman–Crippen LogP) is 2.03. The Labute approximate surface area is 165 Å². The number of benzene rings is 1. The van der Waals surface area contributed by atoms with Crippen LogP contribution in [0.5, 0.6) is 0 Å². The molecule has 0 fully saturated rings. The van der Waals surface area contributed by atoms with Gasteiger partial charge in [-0.25, -0.2) is 19.3 Å². The summed E-state index contributed by atoms with van der Waals surface area (Å²) >= 11 is 1.08. The van der Waals surface area contributed by atoms with Crippen LogP contribution in [-0.4, -0.2) is 38.8 Å². The van der Waals surface area contributed by atoms with Crippen LogP contribution in [0.1, 0.15) is 12.6 Å². The van der Waals surface area contributed by atoms with E-state index in [1.165, 1.54) is 11.6 Å². The molecule has 3 aromatic rings. The summed E-state index contributed by atoms with van der Waals surface area (Å²) in [5, 5.41) is 4.67. The lowest BCUT2D eigenvalue weighted by Gasteiger charge is -2.15. The fourth-order valence-electron chi connectivity index (χ4n) is 2.53. The first-order valence-corrected chi connectivity index (χ1v) is 9.43. The first-order chi connectivity index (χ1) is 13.4. The zero-order valence-electron chi connectivity index (χ0n) is 15.6. The van der Waals surface area contributed by atoms with E-state index in [0.717, 1.165) is 17.5 Å². The second kappa shape index (κ2) is 8.22. The van der Waals surface area contributed by atoms with E-state index in [2.05, 4.69) is 20.6 Å². The number of hydrogen-bond donors (Lipinski definition) is 2. The molecule has 3 rings (SSSR count). The first-order valence-electron chi connectivity index (χ1n) is 8.55. The van der Waals surface area contributed by atoms with Crippen molar-refractivity contribution >= 4 is 34.6 Å². The number of imide groups is 1. The van der Waals surface area contributed by atoms with Gasteiger partial charge in [0.25, 0.3) is 5.56 Å². The molecule has 0 aliphatic rings. The molecule has 0 spiro atoms. The minimum atomic E-state index is -0.665. The summed E-state index contributed by atoms with van der Waals surface area (Å²) < 4.78 is 1.39. The van der Waals surface area contributed by atoms with Gasteiger partial charge in [0, 0.05) is 12.7 Å². The number of urea groups is 1. The average molecular weight is 397 g/mol. The van der Waals surface area contributed by atoms with Gasteiger partial charge in [-0.05, 0) is 38.1 Å². The number of carbonyl (C=O) groups is 2. The zero-order chi connectivity index (χ0) is 20.3. The quantitative estimate of drug-likeness (QED) is 0.515. The maximum Gasteiger partial charge on any atom is 0.321 e. The number of thioether (sulfide) groups is 1.